The van der Waals surface area contributed by atoms with Crippen LogP contribution in [0.3, 0.4) is 0 Å². The first kappa shape index (κ1) is 16.7. The molecule has 1 aromatic carbocycles. The van der Waals surface area contributed by atoms with Crippen LogP contribution >= 0.6 is 0 Å². The van der Waals surface area contributed by atoms with Crippen LogP contribution in [0.2, 0.25) is 0 Å². The van der Waals surface area contributed by atoms with Gasteiger partial charge in [0.05, 0.1) is 0 Å². The van der Waals surface area contributed by atoms with Gasteiger partial charge in [0, 0.05) is 18.5 Å². The summed E-state index contributed by atoms with van der Waals surface area (Å²) in [4.78, 5) is 33.7. The first-order valence-corrected chi connectivity index (χ1v) is 6.74. The molecule has 0 saturated heterocycles. The fraction of sp³-hybridized carbons (Fsp3) is 0.400. The fourth-order valence-corrected chi connectivity index (χ4v) is 1.72. The molecule has 0 fully saturated rings. The number of nitrogens with one attached hydrogen (secondary N) is 2. The third-order valence-electron chi connectivity index (χ3n) is 2.67. The van der Waals surface area contributed by atoms with Crippen molar-refractivity contribution in [2.75, 3.05) is 6.54 Å². The average Bonchev–Trinajstić information content (AvgIpc) is 2.42. The first-order valence-electron chi connectivity index (χ1n) is 6.74. The zero-order valence-corrected chi connectivity index (χ0v) is 12.2. The van der Waals surface area contributed by atoms with Crippen molar-refractivity contribution in [1.29, 1.82) is 0 Å². The molecule has 0 aliphatic carbocycles. The normalized spacial score (nSPS) is 10.2. The summed E-state index contributed by atoms with van der Waals surface area (Å²) in [6, 6.07) is 6.71. The summed E-state index contributed by atoms with van der Waals surface area (Å²) in [6.07, 6.45) is 0.457. The summed E-state index contributed by atoms with van der Waals surface area (Å²) in [6.45, 7) is 3.85. The highest BCUT2D eigenvalue weighted by Gasteiger charge is 2.08. The molecule has 6 nitrogen and oxygen atoms in total. The quantitative estimate of drug-likeness (QED) is 0.703. The largest absolute Gasteiger partial charge is 0.480 e. The Balaban J connectivity index is 2.57. The van der Waals surface area contributed by atoms with E-state index < -0.39 is 18.4 Å². The minimum atomic E-state index is -1.10. The van der Waals surface area contributed by atoms with Crippen LogP contribution in [0.5, 0.6) is 0 Å². The first-order chi connectivity index (χ1) is 9.88. The van der Waals surface area contributed by atoms with Crippen LogP contribution in [0, 0.1) is 5.92 Å². The lowest BCUT2D eigenvalue weighted by Crippen LogP contribution is -2.29. The van der Waals surface area contributed by atoms with Crippen LogP contribution in [-0.4, -0.2) is 29.4 Å². The van der Waals surface area contributed by atoms with Crippen molar-refractivity contribution in [3.63, 3.8) is 0 Å². The number of benzene rings is 1. The van der Waals surface area contributed by atoms with Gasteiger partial charge in [-0.15, -0.1) is 0 Å². The van der Waals surface area contributed by atoms with Crippen molar-refractivity contribution in [2.24, 2.45) is 5.92 Å². The summed E-state index contributed by atoms with van der Waals surface area (Å²) in [5, 5.41) is 13.6. The Hall–Kier alpha value is -2.37. The molecule has 0 aromatic heterocycles. The van der Waals surface area contributed by atoms with E-state index in [2.05, 4.69) is 10.6 Å². The minimum absolute atomic E-state index is 0.0364. The number of carboxylic acid groups (broad SMARTS) is 1. The van der Waals surface area contributed by atoms with Gasteiger partial charge in [-0.1, -0.05) is 26.0 Å². The van der Waals surface area contributed by atoms with Crippen LogP contribution in [-0.2, 0) is 16.1 Å². The second-order valence-corrected chi connectivity index (χ2v) is 5.15. The van der Waals surface area contributed by atoms with Gasteiger partial charge < -0.3 is 15.7 Å². The van der Waals surface area contributed by atoms with Crippen molar-refractivity contribution in [2.45, 2.75) is 26.8 Å². The number of rotatable bonds is 7. The number of aliphatic carboxylic acids is 1. The van der Waals surface area contributed by atoms with E-state index in [0.717, 1.165) is 5.56 Å². The molecular weight excluding hydrogens is 272 g/mol. The van der Waals surface area contributed by atoms with Gasteiger partial charge in [-0.05, 0) is 23.6 Å². The Morgan fingerprint density at radius 1 is 1.19 bits per heavy atom. The predicted octanol–water partition coefficient (Wildman–Crippen LogP) is 1.16. The van der Waals surface area contributed by atoms with E-state index in [1.165, 1.54) is 0 Å². The Morgan fingerprint density at radius 2 is 1.90 bits per heavy atom. The molecule has 0 aliphatic rings. The van der Waals surface area contributed by atoms with Crippen molar-refractivity contribution < 1.29 is 19.5 Å². The number of amides is 2. The molecule has 1 aromatic rings. The zero-order chi connectivity index (χ0) is 15.8. The lowest BCUT2D eigenvalue weighted by molar-refractivity contribution is -0.135. The predicted molar refractivity (Wildman–Crippen MR) is 77.7 cm³/mol. The lowest BCUT2D eigenvalue weighted by atomic mass is 10.1. The Kier molecular flexibility index (Phi) is 6.39. The topological polar surface area (TPSA) is 95.5 Å². The molecule has 21 heavy (non-hydrogen) atoms. The van der Waals surface area contributed by atoms with Gasteiger partial charge >= 0.3 is 5.97 Å². The number of carboxylic acids is 1. The molecule has 0 bridgehead atoms. The fourth-order valence-electron chi connectivity index (χ4n) is 1.72. The number of carbonyl (C=O) groups excluding carboxylic acids is 2. The average molecular weight is 292 g/mol. The summed E-state index contributed by atoms with van der Waals surface area (Å²) < 4.78 is 0. The molecule has 0 unspecified atom stereocenters. The standard InChI is InChI=1S/C15H20N2O4/c1-10(2)6-13(18)16-8-11-4-3-5-12(7-11)15(21)17-9-14(19)20/h3-5,7,10H,6,8-9H2,1-2H3,(H,16,18)(H,17,21)(H,19,20). The molecule has 3 N–H and O–H groups in total. The van der Waals surface area contributed by atoms with Crippen LogP contribution in [0.4, 0.5) is 0 Å². The molecule has 2 amide bonds. The number of hydrogen-bond donors (Lipinski definition) is 3. The second kappa shape index (κ2) is 8.04. The molecule has 0 heterocycles. The second-order valence-electron chi connectivity index (χ2n) is 5.15. The Morgan fingerprint density at radius 3 is 2.52 bits per heavy atom. The Labute approximate surface area is 123 Å². The molecule has 0 atom stereocenters. The maximum Gasteiger partial charge on any atom is 0.322 e. The van der Waals surface area contributed by atoms with Gasteiger partial charge in [-0.2, -0.15) is 0 Å². The highest BCUT2D eigenvalue weighted by atomic mass is 16.4. The molecule has 0 spiro atoms. The van der Waals surface area contributed by atoms with Crippen LogP contribution < -0.4 is 10.6 Å². The van der Waals surface area contributed by atoms with E-state index in [-0.39, 0.29) is 11.8 Å². The van der Waals surface area contributed by atoms with Crippen molar-refractivity contribution in [1.82, 2.24) is 10.6 Å². The minimum Gasteiger partial charge on any atom is -0.480 e. The van der Waals surface area contributed by atoms with Gasteiger partial charge in [-0.25, -0.2) is 0 Å². The van der Waals surface area contributed by atoms with Crippen LogP contribution in [0.25, 0.3) is 0 Å². The lowest BCUT2D eigenvalue weighted by Gasteiger charge is -2.08. The van der Waals surface area contributed by atoms with Gasteiger partial charge in [-0.3, -0.25) is 14.4 Å². The van der Waals surface area contributed by atoms with E-state index in [0.29, 0.717) is 18.5 Å². The van der Waals surface area contributed by atoms with Gasteiger partial charge in [0.1, 0.15) is 6.54 Å². The monoisotopic (exact) mass is 292 g/mol. The summed E-state index contributed by atoms with van der Waals surface area (Å²) in [5.74, 6) is -1.29. The summed E-state index contributed by atoms with van der Waals surface area (Å²) in [7, 11) is 0. The molecule has 0 radical (unpaired) electrons. The van der Waals surface area contributed by atoms with E-state index >= 15 is 0 Å². The third kappa shape index (κ3) is 6.56. The Bertz CT molecular complexity index is 526. The van der Waals surface area contributed by atoms with Gasteiger partial charge in [0.2, 0.25) is 5.91 Å². The molecule has 0 aliphatic heterocycles. The molecule has 0 saturated carbocycles. The maximum atomic E-state index is 11.7. The highest BCUT2D eigenvalue weighted by Crippen LogP contribution is 2.06. The highest BCUT2D eigenvalue weighted by molar-refractivity contribution is 5.95. The van der Waals surface area contributed by atoms with Crippen molar-refractivity contribution >= 4 is 17.8 Å². The third-order valence-corrected chi connectivity index (χ3v) is 2.67. The van der Waals surface area contributed by atoms with E-state index in [1.807, 2.05) is 13.8 Å². The summed E-state index contributed by atoms with van der Waals surface area (Å²) >= 11 is 0. The van der Waals surface area contributed by atoms with Gasteiger partial charge in [0.15, 0.2) is 0 Å². The SMILES string of the molecule is CC(C)CC(=O)NCc1cccc(C(=O)NCC(=O)O)c1. The zero-order valence-electron chi connectivity index (χ0n) is 12.2. The van der Waals surface area contributed by atoms with Crippen LogP contribution in [0.1, 0.15) is 36.2 Å². The molecule has 1 rings (SSSR count). The van der Waals surface area contributed by atoms with Crippen molar-refractivity contribution in [3.8, 4) is 0 Å². The van der Waals surface area contributed by atoms with E-state index in [4.69, 9.17) is 5.11 Å². The summed E-state index contributed by atoms with van der Waals surface area (Å²) in [5.41, 5.74) is 1.15. The maximum absolute atomic E-state index is 11.7. The molecule has 114 valence electrons. The number of hydrogen-bond acceptors (Lipinski definition) is 3. The van der Waals surface area contributed by atoms with E-state index in [1.54, 1.807) is 24.3 Å². The van der Waals surface area contributed by atoms with Crippen molar-refractivity contribution in [3.05, 3.63) is 35.4 Å². The molecule has 6 heteroatoms. The smallest absolute Gasteiger partial charge is 0.322 e. The van der Waals surface area contributed by atoms with Crippen LogP contribution in [0.15, 0.2) is 24.3 Å². The van der Waals surface area contributed by atoms with E-state index in [9.17, 15) is 14.4 Å². The molecular formula is C15H20N2O4. The van der Waals surface area contributed by atoms with Gasteiger partial charge in [0.25, 0.3) is 5.91 Å². The number of carbonyl (C=O) groups is 3.